The molecule has 1 aliphatic heterocycles. The molecule has 1 aromatic carbocycles. The topological polar surface area (TPSA) is 94.1 Å². The number of aliphatic hydroxyl groups excluding tert-OH is 1. The van der Waals surface area contributed by atoms with Gasteiger partial charge in [0.05, 0.1) is 18.6 Å². The van der Waals surface area contributed by atoms with Crippen molar-refractivity contribution in [3.63, 3.8) is 0 Å². The highest BCUT2D eigenvalue weighted by molar-refractivity contribution is 7.13. The van der Waals surface area contributed by atoms with Crippen molar-refractivity contribution in [2.45, 2.75) is 12.0 Å². The molecule has 1 aliphatic carbocycles. The minimum absolute atomic E-state index is 0.168. The van der Waals surface area contributed by atoms with Gasteiger partial charge in [-0.2, -0.15) is 0 Å². The number of hydrogen-bond donors (Lipinski definition) is 3. The van der Waals surface area contributed by atoms with E-state index in [9.17, 15) is 9.90 Å². The second-order valence-electron chi connectivity index (χ2n) is 7.49. The number of rotatable bonds is 5. The number of amides is 1. The van der Waals surface area contributed by atoms with Gasteiger partial charge in [0.15, 0.2) is 5.13 Å². The van der Waals surface area contributed by atoms with Gasteiger partial charge in [-0.1, -0.05) is 30.3 Å². The van der Waals surface area contributed by atoms with Crippen molar-refractivity contribution < 1.29 is 9.90 Å². The number of β-amino-alcohol motifs (C(OH)–C–C–N with tert-alkyl or cyclic N) is 1. The van der Waals surface area contributed by atoms with Crippen LogP contribution in [0.1, 0.15) is 22.0 Å². The van der Waals surface area contributed by atoms with Crippen molar-refractivity contribution in [3.8, 4) is 0 Å². The van der Waals surface area contributed by atoms with Crippen LogP contribution in [0.3, 0.4) is 0 Å². The Labute approximate surface area is 166 Å². The maximum absolute atomic E-state index is 12.4. The molecular weight excluding hydrogens is 374 g/mol. The predicted molar refractivity (Wildman–Crippen MR) is 106 cm³/mol. The molecule has 0 radical (unpaired) electrons. The Hall–Kier alpha value is -2.71. The van der Waals surface area contributed by atoms with Crippen molar-refractivity contribution >= 4 is 22.4 Å². The zero-order valence-corrected chi connectivity index (χ0v) is 16.0. The van der Waals surface area contributed by atoms with Crippen molar-refractivity contribution in [3.05, 3.63) is 65.7 Å². The predicted octanol–water partition coefficient (Wildman–Crippen LogP) is 1.88. The lowest BCUT2D eigenvalue weighted by Gasteiger charge is -2.16. The molecule has 28 heavy (non-hydrogen) atoms. The molecule has 4 atom stereocenters. The third-order valence-electron chi connectivity index (χ3n) is 6.11. The number of nitrogens with zero attached hydrogens (tertiary/aromatic N) is 3. The lowest BCUT2D eigenvalue weighted by Crippen LogP contribution is -2.30. The highest BCUT2D eigenvalue weighted by atomic mass is 32.1. The molecule has 0 unspecified atom stereocenters. The standard InChI is InChI=1S/C20H21N5O2S/c26-16-10-25(19-22-6-7-28-19)11-20(16)14(17(20)13-4-2-1-3-5-13)8-23-18(27)15-9-21-12-24-15/h1-7,9,12,14,16-17,26H,8,10-11H2,(H,21,24)(H,23,27)/t14-,16-,17-,20-/m1/s1. The first-order chi connectivity index (χ1) is 13.7. The fourth-order valence-electron chi connectivity index (χ4n) is 4.80. The Morgan fingerprint density at radius 2 is 2.25 bits per heavy atom. The van der Waals surface area contributed by atoms with Gasteiger partial charge in [-0.25, -0.2) is 9.97 Å². The number of anilines is 1. The molecule has 3 aromatic rings. The molecule has 1 saturated heterocycles. The molecule has 8 heteroatoms. The lowest BCUT2D eigenvalue weighted by atomic mass is 9.95. The minimum atomic E-state index is -0.462. The van der Waals surface area contributed by atoms with E-state index in [0.29, 0.717) is 18.8 Å². The van der Waals surface area contributed by atoms with Crippen LogP contribution in [0, 0.1) is 11.3 Å². The summed E-state index contributed by atoms with van der Waals surface area (Å²) in [6.07, 6.45) is 4.34. The van der Waals surface area contributed by atoms with Crippen LogP contribution in [-0.2, 0) is 0 Å². The fourth-order valence-corrected chi connectivity index (χ4v) is 5.45. The molecule has 0 bridgehead atoms. The molecule has 7 nitrogen and oxygen atoms in total. The van der Waals surface area contributed by atoms with Crippen LogP contribution in [-0.4, -0.2) is 51.7 Å². The summed E-state index contributed by atoms with van der Waals surface area (Å²) in [5.41, 5.74) is 1.39. The Kier molecular flexibility index (Phi) is 4.17. The van der Waals surface area contributed by atoms with Crippen molar-refractivity contribution in [1.82, 2.24) is 20.3 Å². The average Bonchev–Trinajstić information content (AvgIpc) is 3.24. The number of aliphatic hydroxyl groups is 1. The molecule has 1 amide bonds. The summed E-state index contributed by atoms with van der Waals surface area (Å²) in [6.45, 7) is 1.83. The maximum Gasteiger partial charge on any atom is 0.269 e. The first kappa shape index (κ1) is 17.4. The summed E-state index contributed by atoms with van der Waals surface area (Å²) < 4.78 is 0. The van der Waals surface area contributed by atoms with E-state index >= 15 is 0 Å². The normalized spacial score (nSPS) is 28.6. The molecule has 1 saturated carbocycles. The lowest BCUT2D eigenvalue weighted by molar-refractivity contribution is 0.0935. The SMILES string of the molecule is O=C(NC[C@@H]1[C@@H](c2ccccc2)[C@]12CN(c1nccs1)C[C@H]2O)c1cnc[nH]1. The van der Waals surface area contributed by atoms with E-state index < -0.39 is 6.10 Å². The summed E-state index contributed by atoms with van der Waals surface area (Å²) in [7, 11) is 0. The highest BCUT2D eigenvalue weighted by Gasteiger charge is 2.71. The van der Waals surface area contributed by atoms with Gasteiger partial charge < -0.3 is 20.3 Å². The number of carbonyl (C=O) groups is 1. The quantitative estimate of drug-likeness (QED) is 0.613. The first-order valence-corrected chi connectivity index (χ1v) is 10.2. The van der Waals surface area contributed by atoms with Crippen molar-refractivity contribution in [1.29, 1.82) is 0 Å². The van der Waals surface area contributed by atoms with Crippen LogP contribution in [0.5, 0.6) is 0 Å². The number of carbonyl (C=O) groups excluding carboxylic acids is 1. The van der Waals surface area contributed by atoms with Crippen LogP contribution >= 0.6 is 11.3 Å². The van der Waals surface area contributed by atoms with E-state index in [1.165, 1.54) is 18.1 Å². The van der Waals surface area contributed by atoms with Crippen LogP contribution in [0.15, 0.2) is 54.4 Å². The largest absolute Gasteiger partial charge is 0.391 e. The van der Waals surface area contributed by atoms with Gasteiger partial charge in [0, 0.05) is 36.6 Å². The summed E-state index contributed by atoms with van der Waals surface area (Å²) in [4.78, 5) is 25.7. The number of nitrogens with one attached hydrogen (secondary N) is 2. The zero-order valence-electron chi connectivity index (χ0n) is 15.2. The second-order valence-corrected chi connectivity index (χ2v) is 8.37. The minimum Gasteiger partial charge on any atom is -0.391 e. The van der Waals surface area contributed by atoms with E-state index in [0.717, 1.165) is 11.7 Å². The van der Waals surface area contributed by atoms with E-state index in [-0.39, 0.29) is 23.2 Å². The number of thiazole rings is 1. The third-order valence-corrected chi connectivity index (χ3v) is 6.95. The van der Waals surface area contributed by atoms with Crippen LogP contribution in [0.25, 0.3) is 0 Å². The van der Waals surface area contributed by atoms with Crippen LogP contribution in [0.4, 0.5) is 5.13 Å². The summed E-state index contributed by atoms with van der Waals surface area (Å²) >= 11 is 1.59. The van der Waals surface area contributed by atoms with E-state index in [2.05, 4.69) is 37.3 Å². The molecule has 3 heterocycles. The van der Waals surface area contributed by atoms with Gasteiger partial charge in [-0.15, -0.1) is 11.3 Å². The van der Waals surface area contributed by atoms with Gasteiger partial charge >= 0.3 is 0 Å². The van der Waals surface area contributed by atoms with Gasteiger partial charge in [0.1, 0.15) is 5.69 Å². The smallest absolute Gasteiger partial charge is 0.269 e. The average molecular weight is 395 g/mol. The van der Waals surface area contributed by atoms with Crippen LogP contribution in [0.2, 0.25) is 0 Å². The number of imidazole rings is 1. The maximum atomic E-state index is 12.4. The van der Waals surface area contributed by atoms with E-state index in [1.807, 2.05) is 23.6 Å². The number of hydrogen-bond acceptors (Lipinski definition) is 6. The number of benzene rings is 1. The molecule has 5 rings (SSSR count). The van der Waals surface area contributed by atoms with Crippen molar-refractivity contribution in [2.75, 3.05) is 24.5 Å². The summed E-state index contributed by atoms with van der Waals surface area (Å²) in [5, 5.41) is 17.0. The van der Waals surface area contributed by atoms with Gasteiger partial charge in [0.25, 0.3) is 5.91 Å². The van der Waals surface area contributed by atoms with E-state index in [4.69, 9.17) is 0 Å². The second kappa shape index (κ2) is 6.72. The Balaban J connectivity index is 1.39. The molecular formula is C20H21N5O2S. The van der Waals surface area contributed by atoms with E-state index in [1.54, 1.807) is 17.5 Å². The molecule has 144 valence electrons. The number of H-pyrrole nitrogens is 1. The highest BCUT2D eigenvalue weighted by Crippen LogP contribution is 2.69. The summed E-state index contributed by atoms with van der Waals surface area (Å²) in [5.74, 6) is 0.202. The Morgan fingerprint density at radius 1 is 1.39 bits per heavy atom. The molecule has 2 fully saturated rings. The third kappa shape index (κ3) is 2.71. The monoisotopic (exact) mass is 395 g/mol. The summed E-state index contributed by atoms with van der Waals surface area (Å²) in [6, 6.07) is 10.3. The Bertz CT molecular complexity index is 946. The van der Waals surface area contributed by atoms with Gasteiger partial charge in [-0.05, 0) is 17.4 Å². The number of aromatic amines is 1. The molecule has 1 spiro atoms. The molecule has 2 aliphatic rings. The number of aromatic nitrogens is 3. The van der Waals surface area contributed by atoms with Gasteiger partial charge in [-0.3, -0.25) is 4.79 Å². The molecule has 2 aromatic heterocycles. The molecule has 3 N–H and O–H groups in total. The fraction of sp³-hybridized carbons (Fsp3) is 0.350. The van der Waals surface area contributed by atoms with Crippen LogP contribution < -0.4 is 10.2 Å². The zero-order chi connectivity index (χ0) is 19.1. The first-order valence-electron chi connectivity index (χ1n) is 9.34. The Morgan fingerprint density at radius 3 is 2.96 bits per heavy atom. The van der Waals surface area contributed by atoms with Crippen molar-refractivity contribution in [2.24, 2.45) is 11.3 Å². The van der Waals surface area contributed by atoms with Gasteiger partial charge in [0.2, 0.25) is 0 Å².